The number of nitrogen functional groups attached to an aromatic ring is 1. The maximum Gasteiger partial charge on any atom is 0.184 e. The second kappa shape index (κ2) is 3.99. The number of aromatic nitrogens is 3. The molecule has 5 heteroatoms. The molecule has 0 saturated carbocycles. The lowest BCUT2D eigenvalue weighted by atomic mass is 10.2. The van der Waals surface area contributed by atoms with Crippen LogP contribution in [0.4, 0.5) is 5.69 Å². The van der Waals surface area contributed by atoms with Crippen molar-refractivity contribution in [2.24, 2.45) is 0 Å². The highest BCUT2D eigenvalue weighted by atomic mass is 35.5. The quantitative estimate of drug-likeness (QED) is 0.730. The summed E-state index contributed by atoms with van der Waals surface area (Å²) in [6.45, 7) is 1.98. The van der Waals surface area contributed by atoms with Gasteiger partial charge < -0.3 is 5.73 Å². The third-order valence-corrected chi connectivity index (χ3v) is 3.11. The van der Waals surface area contributed by atoms with E-state index < -0.39 is 0 Å². The van der Waals surface area contributed by atoms with E-state index in [1.54, 1.807) is 0 Å². The first-order valence-corrected chi connectivity index (χ1v) is 5.90. The van der Waals surface area contributed by atoms with Gasteiger partial charge >= 0.3 is 0 Å². The Hall–Kier alpha value is -2.07. The van der Waals surface area contributed by atoms with E-state index in [9.17, 15) is 0 Å². The van der Waals surface area contributed by atoms with E-state index in [1.807, 2.05) is 47.9 Å². The van der Waals surface area contributed by atoms with E-state index in [2.05, 4.69) is 10.2 Å². The first kappa shape index (κ1) is 11.0. The summed E-state index contributed by atoms with van der Waals surface area (Å²) in [4.78, 5) is 0. The fourth-order valence-electron chi connectivity index (χ4n) is 1.99. The second-order valence-electron chi connectivity index (χ2n) is 4.17. The molecule has 0 aliphatic rings. The van der Waals surface area contributed by atoms with E-state index in [4.69, 9.17) is 17.3 Å². The summed E-state index contributed by atoms with van der Waals surface area (Å²) in [5.74, 6) is 0.700. The number of rotatable bonds is 1. The number of nitrogens with two attached hydrogens (primary N) is 1. The summed E-state index contributed by atoms with van der Waals surface area (Å²) in [6.07, 6.45) is 1.95. The topological polar surface area (TPSA) is 56.2 Å². The van der Waals surface area contributed by atoms with E-state index >= 15 is 0 Å². The average Bonchev–Trinajstić information content (AvgIpc) is 2.73. The fourth-order valence-corrected chi connectivity index (χ4v) is 2.21. The van der Waals surface area contributed by atoms with Crippen molar-refractivity contribution < 1.29 is 0 Å². The molecule has 2 aromatic heterocycles. The Morgan fingerprint density at radius 2 is 2.00 bits per heavy atom. The predicted octanol–water partition coefficient (Wildman–Crippen LogP) is 2.94. The molecule has 3 aromatic rings. The highest BCUT2D eigenvalue weighted by Crippen LogP contribution is 2.27. The van der Waals surface area contributed by atoms with Crippen LogP contribution in [-0.4, -0.2) is 14.6 Å². The molecule has 0 atom stereocenters. The molecule has 0 saturated heterocycles. The van der Waals surface area contributed by atoms with Crippen molar-refractivity contribution in [1.82, 2.24) is 14.6 Å². The van der Waals surface area contributed by atoms with E-state index in [-0.39, 0.29) is 0 Å². The zero-order valence-electron chi connectivity index (χ0n) is 9.76. The second-order valence-corrected chi connectivity index (χ2v) is 4.58. The van der Waals surface area contributed by atoms with Crippen LogP contribution < -0.4 is 5.73 Å². The molecule has 0 unspecified atom stereocenters. The van der Waals surface area contributed by atoms with E-state index in [0.29, 0.717) is 22.2 Å². The summed E-state index contributed by atoms with van der Waals surface area (Å²) in [5, 5.41) is 8.93. The van der Waals surface area contributed by atoms with Crippen molar-refractivity contribution in [3.63, 3.8) is 0 Å². The van der Waals surface area contributed by atoms with E-state index in [1.165, 1.54) is 0 Å². The lowest BCUT2D eigenvalue weighted by Crippen LogP contribution is -1.96. The molecule has 0 fully saturated rings. The fraction of sp³-hybridized carbons (Fsp3) is 0.0769. The molecule has 0 aliphatic heterocycles. The van der Waals surface area contributed by atoms with Crippen molar-refractivity contribution in [3.05, 3.63) is 47.1 Å². The highest BCUT2D eigenvalue weighted by Gasteiger charge is 2.12. The number of anilines is 1. The number of pyridine rings is 1. The zero-order valence-corrected chi connectivity index (χ0v) is 10.5. The first-order valence-electron chi connectivity index (χ1n) is 5.52. The molecule has 1 aromatic carbocycles. The Morgan fingerprint density at radius 1 is 1.22 bits per heavy atom. The lowest BCUT2D eigenvalue weighted by Gasteiger charge is -2.04. The van der Waals surface area contributed by atoms with Crippen molar-refractivity contribution >= 4 is 22.9 Å². The molecular formula is C13H11ClN4. The van der Waals surface area contributed by atoms with Gasteiger partial charge in [0, 0.05) is 11.8 Å². The third kappa shape index (κ3) is 1.62. The van der Waals surface area contributed by atoms with Crippen LogP contribution >= 0.6 is 11.6 Å². The van der Waals surface area contributed by atoms with Gasteiger partial charge in [-0.3, -0.25) is 4.40 Å². The van der Waals surface area contributed by atoms with E-state index in [0.717, 1.165) is 11.1 Å². The maximum atomic E-state index is 6.18. The van der Waals surface area contributed by atoms with Gasteiger partial charge in [-0.25, -0.2) is 0 Å². The Labute approximate surface area is 109 Å². The number of halogens is 1. The molecule has 18 heavy (non-hydrogen) atoms. The van der Waals surface area contributed by atoms with Gasteiger partial charge in [-0.1, -0.05) is 23.7 Å². The average molecular weight is 259 g/mol. The monoisotopic (exact) mass is 258 g/mol. The SMILES string of the molecule is Cc1cc(N)c2nnc(-c3ccccc3Cl)n2c1. The predicted molar refractivity (Wildman–Crippen MR) is 72.6 cm³/mol. The standard InChI is InChI=1S/C13H11ClN4/c1-8-6-11(15)13-17-16-12(18(13)7-8)9-4-2-3-5-10(9)14/h2-7H,15H2,1H3. The molecule has 2 heterocycles. The number of hydrogen-bond acceptors (Lipinski definition) is 3. The Kier molecular flexibility index (Phi) is 2.45. The van der Waals surface area contributed by atoms with Gasteiger partial charge in [0.15, 0.2) is 11.5 Å². The van der Waals surface area contributed by atoms with Gasteiger partial charge in [0.2, 0.25) is 0 Å². The summed E-state index contributed by atoms with van der Waals surface area (Å²) >= 11 is 6.18. The summed E-state index contributed by atoms with van der Waals surface area (Å²) in [7, 11) is 0. The molecule has 0 bridgehead atoms. The van der Waals surface area contributed by atoms with Crippen LogP contribution in [0.5, 0.6) is 0 Å². The van der Waals surface area contributed by atoms with Crippen LogP contribution in [0.15, 0.2) is 36.5 Å². The number of fused-ring (bicyclic) bond motifs is 1. The molecule has 0 spiro atoms. The van der Waals surface area contributed by atoms with Crippen molar-refractivity contribution in [1.29, 1.82) is 0 Å². The Bertz CT molecular complexity index is 733. The number of aryl methyl sites for hydroxylation is 1. The lowest BCUT2D eigenvalue weighted by molar-refractivity contribution is 1.11. The third-order valence-electron chi connectivity index (χ3n) is 2.78. The minimum Gasteiger partial charge on any atom is -0.396 e. The molecule has 0 radical (unpaired) electrons. The van der Waals surface area contributed by atoms with Crippen molar-refractivity contribution in [2.45, 2.75) is 6.92 Å². The first-order chi connectivity index (χ1) is 8.66. The van der Waals surface area contributed by atoms with Crippen LogP contribution in [-0.2, 0) is 0 Å². The molecular weight excluding hydrogens is 248 g/mol. The molecule has 3 rings (SSSR count). The number of benzene rings is 1. The van der Waals surface area contributed by atoms with Crippen LogP contribution in [0.2, 0.25) is 5.02 Å². The molecule has 0 amide bonds. The van der Waals surface area contributed by atoms with Crippen molar-refractivity contribution in [2.75, 3.05) is 5.73 Å². The summed E-state index contributed by atoms with van der Waals surface area (Å²) in [6, 6.07) is 9.42. The van der Waals surface area contributed by atoms with Gasteiger partial charge in [-0.05, 0) is 30.7 Å². The largest absolute Gasteiger partial charge is 0.396 e. The normalized spacial score (nSPS) is 11.0. The maximum absolute atomic E-state index is 6.18. The van der Waals surface area contributed by atoms with Gasteiger partial charge in [-0.2, -0.15) is 0 Å². The van der Waals surface area contributed by atoms with Gasteiger partial charge in [0.1, 0.15) is 0 Å². The summed E-state index contributed by atoms with van der Waals surface area (Å²) < 4.78 is 1.87. The number of nitrogens with zero attached hydrogens (tertiary/aromatic N) is 3. The Morgan fingerprint density at radius 3 is 2.78 bits per heavy atom. The van der Waals surface area contributed by atoms with Crippen LogP contribution in [0.25, 0.3) is 17.0 Å². The zero-order chi connectivity index (χ0) is 12.7. The minimum atomic E-state index is 0.612. The smallest absolute Gasteiger partial charge is 0.184 e. The Balaban J connectivity index is 2.34. The number of hydrogen-bond donors (Lipinski definition) is 1. The molecule has 0 aliphatic carbocycles. The molecule has 2 N–H and O–H groups in total. The molecule has 4 nitrogen and oxygen atoms in total. The van der Waals surface area contributed by atoms with Crippen LogP contribution in [0.1, 0.15) is 5.56 Å². The van der Waals surface area contributed by atoms with Crippen LogP contribution in [0.3, 0.4) is 0 Å². The highest BCUT2D eigenvalue weighted by molar-refractivity contribution is 6.33. The van der Waals surface area contributed by atoms with Crippen molar-refractivity contribution in [3.8, 4) is 11.4 Å². The van der Waals surface area contributed by atoms with Crippen LogP contribution in [0, 0.1) is 6.92 Å². The van der Waals surface area contributed by atoms with Gasteiger partial charge in [0.25, 0.3) is 0 Å². The van der Waals surface area contributed by atoms with Gasteiger partial charge in [0.05, 0.1) is 10.7 Å². The summed E-state index contributed by atoms with van der Waals surface area (Å²) in [5.41, 5.74) is 9.08. The minimum absolute atomic E-state index is 0.612. The van der Waals surface area contributed by atoms with Gasteiger partial charge in [-0.15, -0.1) is 10.2 Å². The molecule has 90 valence electrons.